The molecule has 1 amide bonds. The highest BCUT2D eigenvalue weighted by molar-refractivity contribution is 5.85. The van der Waals surface area contributed by atoms with Crippen LogP contribution in [-0.2, 0) is 23.5 Å². The third-order valence-corrected chi connectivity index (χ3v) is 7.50. The van der Waals surface area contributed by atoms with Crippen molar-refractivity contribution in [3.05, 3.63) is 103 Å². The van der Waals surface area contributed by atoms with Crippen LogP contribution >= 0.6 is 0 Å². The predicted octanol–water partition coefficient (Wildman–Crippen LogP) is 3.25. The Bertz CT molecular complexity index is 1670. The lowest BCUT2D eigenvalue weighted by atomic mass is 9.93. The van der Waals surface area contributed by atoms with E-state index in [-0.39, 0.29) is 31.1 Å². The highest BCUT2D eigenvalue weighted by Gasteiger charge is 2.34. The zero-order chi connectivity index (χ0) is 29.1. The maximum Gasteiger partial charge on any atom is 0.241 e. The van der Waals surface area contributed by atoms with Gasteiger partial charge in [0.15, 0.2) is 0 Å². The van der Waals surface area contributed by atoms with Gasteiger partial charge in [0, 0.05) is 60.8 Å². The minimum atomic E-state index is -1.80. The van der Waals surface area contributed by atoms with Gasteiger partial charge in [0.05, 0.1) is 25.2 Å². The molecule has 1 aliphatic heterocycles. The summed E-state index contributed by atoms with van der Waals surface area (Å²) in [6.45, 7) is 2.80. The van der Waals surface area contributed by atoms with Gasteiger partial charge in [-0.05, 0) is 36.4 Å². The summed E-state index contributed by atoms with van der Waals surface area (Å²) in [5.74, 6) is -1.58. The summed E-state index contributed by atoms with van der Waals surface area (Å²) >= 11 is 0. The molecule has 1 unspecified atom stereocenters. The van der Waals surface area contributed by atoms with Gasteiger partial charge in [-0.25, -0.2) is 18.4 Å². The first-order valence-corrected chi connectivity index (χ1v) is 13.7. The minimum absolute atomic E-state index is 0.0259. The smallest absolute Gasteiger partial charge is 0.241 e. The molecule has 1 saturated heterocycles. The van der Waals surface area contributed by atoms with Crippen molar-refractivity contribution in [2.24, 2.45) is 0 Å². The van der Waals surface area contributed by atoms with E-state index >= 15 is 0 Å². The number of amides is 1. The number of hydrogen-bond donors (Lipinski definition) is 2. The summed E-state index contributed by atoms with van der Waals surface area (Å²) in [4.78, 5) is 20.9. The van der Waals surface area contributed by atoms with Gasteiger partial charge in [0.25, 0.3) is 0 Å². The fourth-order valence-corrected chi connectivity index (χ4v) is 5.35. The number of aliphatic hydroxyl groups is 1. The molecule has 0 saturated carbocycles. The minimum Gasteiger partial charge on any atom is -0.381 e. The monoisotopic (exact) mass is 572 g/mol. The fraction of sp³-hybridized carbons (Fsp3) is 0.267. The van der Waals surface area contributed by atoms with Gasteiger partial charge in [0.1, 0.15) is 29.9 Å². The van der Waals surface area contributed by atoms with Crippen molar-refractivity contribution in [3.8, 4) is 0 Å². The topological polar surface area (TPSA) is 104 Å². The Labute approximate surface area is 240 Å². The highest BCUT2D eigenvalue weighted by atomic mass is 19.1. The van der Waals surface area contributed by atoms with E-state index in [9.17, 15) is 18.7 Å². The van der Waals surface area contributed by atoms with Crippen LogP contribution in [0, 0.1) is 11.6 Å². The summed E-state index contributed by atoms with van der Waals surface area (Å²) in [6, 6.07) is 18.8. The van der Waals surface area contributed by atoms with Gasteiger partial charge in [-0.15, -0.1) is 0 Å². The number of aromatic nitrogens is 5. The SMILES string of the molecule is O=C(CNc1ccc2nn(CC(O)(Cn3cncn3)c3ccc(F)cc3F)cc2c1)N1CCN(c2ccccc2)CC1. The average molecular weight is 573 g/mol. The predicted molar refractivity (Wildman–Crippen MR) is 154 cm³/mol. The van der Waals surface area contributed by atoms with Gasteiger partial charge in [-0.3, -0.25) is 9.48 Å². The van der Waals surface area contributed by atoms with E-state index in [1.165, 1.54) is 28.1 Å². The summed E-state index contributed by atoms with van der Waals surface area (Å²) in [6.07, 6.45) is 4.46. The van der Waals surface area contributed by atoms with Crippen LogP contribution in [0.15, 0.2) is 85.6 Å². The van der Waals surface area contributed by atoms with Crippen LogP contribution in [0.5, 0.6) is 0 Å². The van der Waals surface area contributed by atoms with E-state index in [2.05, 4.69) is 37.5 Å². The number of halogens is 2. The molecule has 2 N–H and O–H groups in total. The number of anilines is 2. The maximum atomic E-state index is 14.8. The van der Waals surface area contributed by atoms with Crippen molar-refractivity contribution < 1.29 is 18.7 Å². The molecule has 42 heavy (non-hydrogen) atoms. The molecule has 0 aliphatic carbocycles. The number of carbonyl (C=O) groups is 1. The number of nitrogens with one attached hydrogen (secondary N) is 1. The van der Waals surface area contributed by atoms with Crippen LogP contribution in [0.2, 0.25) is 0 Å². The summed E-state index contributed by atoms with van der Waals surface area (Å²) in [5.41, 5.74) is 0.693. The molecule has 3 heterocycles. The normalized spacial score (nSPS) is 15.1. The summed E-state index contributed by atoms with van der Waals surface area (Å²) < 4.78 is 31.3. The Hall–Kier alpha value is -4.84. The van der Waals surface area contributed by atoms with Crippen LogP contribution in [-0.4, -0.2) is 73.2 Å². The lowest BCUT2D eigenvalue weighted by Crippen LogP contribution is -2.50. The molecule has 1 aliphatic rings. The Morgan fingerprint density at radius 1 is 0.952 bits per heavy atom. The maximum absolute atomic E-state index is 14.8. The number of benzene rings is 3. The summed E-state index contributed by atoms with van der Waals surface area (Å²) in [5, 5.41) is 24.2. The lowest BCUT2D eigenvalue weighted by Gasteiger charge is -2.36. The first kappa shape index (κ1) is 27.3. The standard InChI is InChI=1S/C30H30F2N8O2/c31-23-6-8-26(27(32)15-23)30(42,19-40-21-33-20-35-40)18-39-17-22-14-24(7-9-28(22)36-39)34-16-29(41)38-12-10-37(11-13-38)25-4-2-1-3-5-25/h1-9,14-15,17,20-21,34,42H,10-13,16,18-19H2. The van der Waals surface area contributed by atoms with E-state index < -0.39 is 17.2 Å². The number of rotatable bonds is 9. The van der Waals surface area contributed by atoms with Gasteiger partial charge >= 0.3 is 0 Å². The van der Waals surface area contributed by atoms with Crippen LogP contribution in [0.4, 0.5) is 20.2 Å². The second-order valence-electron chi connectivity index (χ2n) is 10.4. The van der Waals surface area contributed by atoms with Crippen LogP contribution in [0.25, 0.3) is 10.9 Å². The van der Waals surface area contributed by atoms with Gasteiger partial charge in [-0.1, -0.05) is 24.3 Å². The van der Waals surface area contributed by atoms with E-state index in [4.69, 9.17) is 0 Å². The Balaban J connectivity index is 1.12. The number of nitrogens with zero attached hydrogens (tertiary/aromatic N) is 7. The largest absolute Gasteiger partial charge is 0.381 e. The number of fused-ring (bicyclic) bond motifs is 1. The molecule has 5 aromatic rings. The van der Waals surface area contributed by atoms with Crippen molar-refractivity contribution in [1.29, 1.82) is 0 Å². The first-order valence-electron chi connectivity index (χ1n) is 13.7. The molecule has 3 aromatic carbocycles. The Morgan fingerprint density at radius 3 is 2.48 bits per heavy atom. The van der Waals surface area contributed by atoms with E-state index in [0.717, 1.165) is 42.0 Å². The molecule has 1 fully saturated rings. The van der Waals surface area contributed by atoms with Gasteiger partial charge < -0.3 is 20.2 Å². The van der Waals surface area contributed by atoms with E-state index in [0.29, 0.717) is 18.6 Å². The fourth-order valence-electron chi connectivity index (χ4n) is 5.35. The molecule has 12 heteroatoms. The van der Waals surface area contributed by atoms with Crippen LogP contribution in [0.3, 0.4) is 0 Å². The van der Waals surface area contributed by atoms with Crippen LogP contribution in [0.1, 0.15) is 5.56 Å². The number of para-hydroxylation sites is 1. The third-order valence-electron chi connectivity index (χ3n) is 7.50. The first-order chi connectivity index (χ1) is 20.4. The highest BCUT2D eigenvalue weighted by Crippen LogP contribution is 2.29. The molecule has 2 aromatic heterocycles. The van der Waals surface area contributed by atoms with Gasteiger partial charge in [-0.2, -0.15) is 10.2 Å². The van der Waals surface area contributed by atoms with Crippen molar-refractivity contribution in [2.75, 3.05) is 42.9 Å². The molecule has 0 spiro atoms. The third kappa shape index (κ3) is 5.93. The van der Waals surface area contributed by atoms with Crippen LogP contribution < -0.4 is 10.2 Å². The summed E-state index contributed by atoms with van der Waals surface area (Å²) in [7, 11) is 0. The molecule has 10 nitrogen and oxygen atoms in total. The average Bonchev–Trinajstić information content (AvgIpc) is 3.65. The van der Waals surface area contributed by atoms with Crippen molar-refractivity contribution in [2.45, 2.75) is 18.7 Å². The molecule has 0 bridgehead atoms. The second-order valence-corrected chi connectivity index (χ2v) is 10.4. The lowest BCUT2D eigenvalue weighted by molar-refractivity contribution is -0.129. The number of piperazine rings is 1. The molecular formula is C30H30F2N8O2. The molecule has 6 rings (SSSR count). The molecule has 216 valence electrons. The molecule has 1 atom stereocenters. The molecule has 0 radical (unpaired) electrons. The van der Waals surface area contributed by atoms with Crippen molar-refractivity contribution in [1.82, 2.24) is 29.4 Å². The van der Waals surface area contributed by atoms with E-state index in [1.807, 2.05) is 41.3 Å². The molecular weight excluding hydrogens is 542 g/mol. The second kappa shape index (κ2) is 11.6. The number of carbonyl (C=O) groups excluding carboxylic acids is 1. The van der Waals surface area contributed by atoms with Crippen molar-refractivity contribution in [3.63, 3.8) is 0 Å². The number of hydrogen-bond acceptors (Lipinski definition) is 7. The van der Waals surface area contributed by atoms with E-state index in [1.54, 1.807) is 6.20 Å². The van der Waals surface area contributed by atoms with Crippen molar-refractivity contribution >= 4 is 28.2 Å². The Kier molecular flexibility index (Phi) is 7.53. The Morgan fingerprint density at radius 2 is 1.74 bits per heavy atom. The zero-order valence-corrected chi connectivity index (χ0v) is 22.8. The quantitative estimate of drug-likeness (QED) is 0.280. The van der Waals surface area contributed by atoms with Gasteiger partial charge in [0.2, 0.25) is 5.91 Å². The zero-order valence-electron chi connectivity index (χ0n) is 22.8.